The van der Waals surface area contributed by atoms with Crippen molar-refractivity contribution in [2.75, 3.05) is 32.7 Å². The van der Waals surface area contributed by atoms with Gasteiger partial charge in [-0.3, -0.25) is 14.5 Å². The van der Waals surface area contributed by atoms with Crippen molar-refractivity contribution in [1.29, 1.82) is 0 Å². The molecule has 0 saturated carbocycles. The van der Waals surface area contributed by atoms with Crippen LogP contribution < -0.4 is 5.32 Å². The maximum Gasteiger partial charge on any atom is 0.254 e. The van der Waals surface area contributed by atoms with E-state index in [1.54, 1.807) is 17.0 Å². The van der Waals surface area contributed by atoms with Crippen molar-refractivity contribution in [3.8, 4) is 0 Å². The second kappa shape index (κ2) is 10.6. The fraction of sp³-hybridized carbons (Fsp3) is 0.364. The van der Waals surface area contributed by atoms with Gasteiger partial charge in [0, 0.05) is 62.3 Å². The summed E-state index contributed by atoms with van der Waals surface area (Å²) in [5, 5.41) is 2.92. The maximum absolute atomic E-state index is 13.9. The number of benzene rings is 2. The molecule has 0 atom stereocenters. The van der Waals surface area contributed by atoms with Gasteiger partial charge in [0.15, 0.2) is 0 Å². The zero-order valence-corrected chi connectivity index (χ0v) is 17.6. The van der Waals surface area contributed by atoms with Crippen LogP contribution in [0.2, 0.25) is 5.02 Å². The van der Waals surface area contributed by atoms with Gasteiger partial charge in [-0.1, -0.05) is 17.7 Å². The lowest BCUT2D eigenvalue weighted by atomic mass is 10.1. The Morgan fingerprint density at radius 3 is 2.42 bits per heavy atom. The van der Waals surface area contributed by atoms with E-state index in [1.165, 1.54) is 6.07 Å². The van der Waals surface area contributed by atoms with Crippen molar-refractivity contribution in [3.05, 3.63) is 70.0 Å². The number of piperazine rings is 1. The minimum Gasteiger partial charge on any atom is -0.352 e. The number of rotatable bonds is 7. The Kier molecular flexibility index (Phi) is 7.92. The van der Waals surface area contributed by atoms with E-state index < -0.39 is 17.5 Å². The van der Waals surface area contributed by atoms with Crippen LogP contribution in [0.1, 0.15) is 28.8 Å². The Balaban J connectivity index is 1.38. The van der Waals surface area contributed by atoms with E-state index in [0.29, 0.717) is 55.8 Å². The van der Waals surface area contributed by atoms with Gasteiger partial charge in [-0.05, 0) is 30.7 Å². The fourth-order valence-corrected chi connectivity index (χ4v) is 3.65. The van der Waals surface area contributed by atoms with E-state index in [9.17, 15) is 22.8 Å². The lowest BCUT2D eigenvalue weighted by Gasteiger charge is -2.35. The molecule has 1 heterocycles. The van der Waals surface area contributed by atoms with Crippen LogP contribution >= 0.6 is 11.6 Å². The SMILES string of the molecule is O=C(NCCCC(=O)N1CCN(Cc2c(F)cccc2Cl)CC1)c1ccc(F)cc1F. The van der Waals surface area contributed by atoms with E-state index in [0.717, 1.165) is 12.1 Å². The molecule has 2 aromatic rings. The fourth-order valence-electron chi connectivity index (χ4n) is 3.43. The summed E-state index contributed by atoms with van der Waals surface area (Å²) in [5.74, 6) is -2.70. The second-order valence-electron chi connectivity index (χ2n) is 7.34. The highest BCUT2D eigenvalue weighted by atomic mass is 35.5. The zero-order chi connectivity index (χ0) is 22.4. The highest BCUT2D eigenvalue weighted by molar-refractivity contribution is 6.31. The van der Waals surface area contributed by atoms with Crippen LogP contribution in [0.25, 0.3) is 0 Å². The first kappa shape index (κ1) is 23.1. The van der Waals surface area contributed by atoms with Gasteiger partial charge >= 0.3 is 0 Å². The van der Waals surface area contributed by atoms with E-state index in [4.69, 9.17) is 11.6 Å². The first-order valence-electron chi connectivity index (χ1n) is 10.0. The summed E-state index contributed by atoms with van der Waals surface area (Å²) in [6.45, 7) is 2.86. The molecule has 0 unspecified atom stereocenters. The molecule has 0 aromatic heterocycles. The molecule has 0 radical (unpaired) electrons. The summed E-state index contributed by atoms with van der Waals surface area (Å²) in [7, 11) is 0. The van der Waals surface area contributed by atoms with Crippen LogP contribution in [-0.2, 0) is 11.3 Å². The average molecular weight is 454 g/mol. The first-order chi connectivity index (χ1) is 14.8. The van der Waals surface area contributed by atoms with Gasteiger partial charge in [0.25, 0.3) is 5.91 Å². The largest absolute Gasteiger partial charge is 0.352 e. The minimum absolute atomic E-state index is 0.0363. The second-order valence-corrected chi connectivity index (χ2v) is 7.75. The molecule has 5 nitrogen and oxygen atoms in total. The van der Waals surface area contributed by atoms with Gasteiger partial charge in [-0.2, -0.15) is 0 Å². The van der Waals surface area contributed by atoms with Crippen LogP contribution in [0.4, 0.5) is 13.2 Å². The number of amides is 2. The van der Waals surface area contributed by atoms with Crippen LogP contribution in [0.3, 0.4) is 0 Å². The van der Waals surface area contributed by atoms with Gasteiger partial charge in [-0.25, -0.2) is 13.2 Å². The van der Waals surface area contributed by atoms with Gasteiger partial charge in [0.1, 0.15) is 17.5 Å². The molecule has 1 aliphatic rings. The highest BCUT2D eigenvalue weighted by Crippen LogP contribution is 2.21. The molecule has 2 amide bonds. The third kappa shape index (κ3) is 6.21. The topological polar surface area (TPSA) is 52.7 Å². The summed E-state index contributed by atoms with van der Waals surface area (Å²) < 4.78 is 40.5. The van der Waals surface area contributed by atoms with E-state index in [1.807, 2.05) is 4.90 Å². The Morgan fingerprint density at radius 1 is 1.00 bits per heavy atom. The first-order valence-corrected chi connectivity index (χ1v) is 10.4. The lowest BCUT2D eigenvalue weighted by molar-refractivity contribution is -0.133. The summed E-state index contributed by atoms with van der Waals surface area (Å²) in [6, 6.07) is 7.35. The number of nitrogens with zero attached hydrogens (tertiary/aromatic N) is 2. The molecule has 0 aliphatic carbocycles. The Morgan fingerprint density at radius 2 is 1.74 bits per heavy atom. The summed E-state index contributed by atoms with van der Waals surface area (Å²) in [6.07, 6.45) is 0.643. The Bertz CT molecular complexity index is 929. The van der Waals surface area contributed by atoms with Crippen molar-refractivity contribution < 1.29 is 22.8 Å². The van der Waals surface area contributed by atoms with E-state index in [2.05, 4.69) is 5.32 Å². The smallest absolute Gasteiger partial charge is 0.254 e. The van der Waals surface area contributed by atoms with Gasteiger partial charge in [0.05, 0.1) is 5.56 Å². The number of carbonyl (C=O) groups is 2. The van der Waals surface area contributed by atoms with Crippen molar-refractivity contribution in [2.24, 2.45) is 0 Å². The molecule has 1 fully saturated rings. The third-order valence-corrected chi connectivity index (χ3v) is 5.55. The molecule has 1 saturated heterocycles. The zero-order valence-electron chi connectivity index (χ0n) is 16.8. The summed E-state index contributed by atoms with van der Waals surface area (Å²) in [5.41, 5.74) is 0.219. The third-order valence-electron chi connectivity index (χ3n) is 5.20. The van der Waals surface area contributed by atoms with Crippen molar-refractivity contribution in [2.45, 2.75) is 19.4 Å². The normalized spacial score (nSPS) is 14.5. The molecule has 0 spiro atoms. The highest BCUT2D eigenvalue weighted by Gasteiger charge is 2.22. The molecule has 166 valence electrons. The number of hydrogen-bond acceptors (Lipinski definition) is 3. The molecule has 0 bridgehead atoms. The molecule has 31 heavy (non-hydrogen) atoms. The number of halogens is 4. The van der Waals surface area contributed by atoms with Gasteiger partial charge in [-0.15, -0.1) is 0 Å². The average Bonchev–Trinajstić information content (AvgIpc) is 2.74. The summed E-state index contributed by atoms with van der Waals surface area (Å²) >= 11 is 6.08. The number of hydrogen-bond donors (Lipinski definition) is 1. The summed E-state index contributed by atoms with van der Waals surface area (Å²) in [4.78, 5) is 28.1. The minimum atomic E-state index is -0.928. The molecule has 9 heteroatoms. The monoisotopic (exact) mass is 453 g/mol. The van der Waals surface area contributed by atoms with Gasteiger partial charge in [0.2, 0.25) is 5.91 Å². The molecule has 3 rings (SSSR count). The standard InChI is InChI=1S/C22H23ClF3N3O2/c23-18-3-1-4-19(25)17(18)14-28-9-11-29(12-10-28)21(30)5-2-8-27-22(31)16-7-6-15(24)13-20(16)26/h1,3-4,6-7,13H,2,5,8-12,14H2,(H,27,31). The van der Waals surface area contributed by atoms with E-state index in [-0.39, 0.29) is 30.3 Å². The van der Waals surface area contributed by atoms with Crippen molar-refractivity contribution >= 4 is 23.4 Å². The molecule has 1 N–H and O–H groups in total. The van der Waals surface area contributed by atoms with Gasteiger partial charge < -0.3 is 10.2 Å². The molecule has 1 aliphatic heterocycles. The molecular formula is C22H23ClF3N3O2. The molecule has 2 aromatic carbocycles. The van der Waals surface area contributed by atoms with Crippen molar-refractivity contribution in [3.63, 3.8) is 0 Å². The van der Waals surface area contributed by atoms with Crippen LogP contribution in [0.5, 0.6) is 0 Å². The predicted molar refractivity (Wildman–Crippen MR) is 111 cm³/mol. The van der Waals surface area contributed by atoms with Crippen LogP contribution in [0.15, 0.2) is 36.4 Å². The number of nitrogens with one attached hydrogen (secondary N) is 1. The van der Waals surface area contributed by atoms with Crippen LogP contribution in [-0.4, -0.2) is 54.3 Å². The number of carbonyl (C=O) groups excluding carboxylic acids is 2. The molecular weight excluding hydrogens is 431 g/mol. The maximum atomic E-state index is 13.9. The Labute approximate surface area is 183 Å². The Hall–Kier alpha value is -2.58. The van der Waals surface area contributed by atoms with E-state index >= 15 is 0 Å². The predicted octanol–water partition coefficient (Wildman–Crippen LogP) is 3.61. The van der Waals surface area contributed by atoms with Crippen LogP contribution in [0, 0.1) is 17.5 Å². The lowest BCUT2D eigenvalue weighted by Crippen LogP contribution is -2.48. The quantitative estimate of drug-likeness (QED) is 0.652. The van der Waals surface area contributed by atoms with Crippen molar-refractivity contribution in [1.82, 2.24) is 15.1 Å².